The maximum Gasteiger partial charge on any atom is 0.159 e. The lowest BCUT2D eigenvalue weighted by Gasteiger charge is -2.16. The zero-order valence-electron chi connectivity index (χ0n) is 10.8. The van der Waals surface area contributed by atoms with Gasteiger partial charge in [-0.2, -0.15) is 0 Å². The van der Waals surface area contributed by atoms with Gasteiger partial charge in [-0.1, -0.05) is 13.8 Å². The fourth-order valence-corrected chi connectivity index (χ4v) is 1.77. The third kappa shape index (κ3) is 2.50. The number of aromatic nitrogens is 2. The Labute approximate surface area is 97.5 Å². The minimum Gasteiger partial charge on any atom is -0.373 e. The zero-order chi connectivity index (χ0) is 12.1. The summed E-state index contributed by atoms with van der Waals surface area (Å²) in [4.78, 5) is 9.06. The molecule has 0 aliphatic heterocycles. The van der Waals surface area contributed by atoms with Crippen LogP contribution in [0.5, 0.6) is 0 Å². The molecule has 1 atom stereocenters. The largest absolute Gasteiger partial charge is 0.373 e. The van der Waals surface area contributed by atoms with Crippen LogP contribution < -0.4 is 5.32 Å². The van der Waals surface area contributed by atoms with E-state index in [0.29, 0.717) is 0 Å². The summed E-state index contributed by atoms with van der Waals surface area (Å²) in [5.41, 5.74) is 2.21. The van der Waals surface area contributed by atoms with Gasteiger partial charge in [0.15, 0.2) is 5.82 Å². The second kappa shape index (κ2) is 5.80. The number of rotatable bonds is 5. The molecule has 1 aromatic rings. The average molecular weight is 223 g/mol. The highest BCUT2D eigenvalue weighted by Crippen LogP contribution is 2.22. The normalized spacial score (nSPS) is 12.6. The van der Waals surface area contributed by atoms with Gasteiger partial charge in [0.1, 0.15) is 11.9 Å². The predicted molar refractivity (Wildman–Crippen MR) is 65.7 cm³/mol. The summed E-state index contributed by atoms with van der Waals surface area (Å²) in [6.45, 7) is 6.22. The Morgan fingerprint density at radius 1 is 1.31 bits per heavy atom. The summed E-state index contributed by atoms with van der Waals surface area (Å²) in [6.07, 6.45) is 1.78. The highest BCUT2D eigenvalue weighted by atomic mass is 16.5. The average Bonchev–Trinajstić information content (AvgIpc) is 2.32. The lowest BCUT2D eigenvalue weighted by molar-refractivity contribution is 0.0925. The molecule has 0 saturated heterocycles. The molecule has 0 bridgehead atoms. The Morgan fingerprint density at radius 2 is 2.00 bits per heavy atom. The Balaban J connectivity index is 3.20. The van der Waals surface area contributed by atoms with Crippen LogP contribution >= 0.6 is 0 Å². The van der Waals surface area contributed by atoms with Crippen molar-refractivity contribution in [2.24, 2.45) is 0 Å². The predicted octanol–water partition coefficient (Wildman–Crippen LogP) is 2.49. The molecule has 0 saturated carbocycles. The summed E-state index contributed by atoms with van der Waals surface area (Å²) in [6, 6.07) is 0. The molecule has 0 aliphatic rings. The monoisotopic (exact) mass is 223 g/mol. The number of nitrogens with zero attached hydrogens (tertiary/aromatic N) is 2. The van der Waals surface area contributed by atoms with Gasteiger partial charge in [-0.3, -0.25) is 0 Å². The zero-order valence-corrected chi connectivity index (χ0v) is 10.8. The van der Waals surface area contributed by atoms with Crippen LogP contribution in [0.3, 0.4) is 0 Å². The quantitative estimate of drug-likeness (QED) is 0.833. The van der Waals surface area contributed by atoms with E-state index in [-0.39, 0.29) is 6.10 Å². The Kier molecular flexibility index (Phi) is 4.68. The Morgan fingerprint density at radius 3 is 2.44 bits per heavy atom. The molecule has 90 valence electrons. The molecular weight excluding hydrogens is 202 g/mol. The van der Waals surface area contributed by atoms with Crippen LogP contribution in [0, 0.1) is 6.92 Å². The standard InChI is InChI=1S/C12H21N3O/c1-6-9-8(3)11(13-4)15-12(14-9)10(7-2)16-5/h10H,6-7H2,1-5H3,(H,13,14,15). The van der Waals surface area contributed by atoms with E-state index in [1.165, 1.54) is 0 Å². The fourth-order valence-electron chi connectivity index (χ4n) is 1.77. The lowest BCUT2D eigenvalue weighted by atomic mass is 10.1. The van der Waals surface area contributed by atoms with Crippen LogP contribution in [0.25, 0.3) is 0 Å². The number of hydrogen-bond acceptors (Lipinski definition) is 4. The molecule has 0 amide bonds. The van der Waals surface area contributed by atoms with E-state index in [2.05, 4.69) is 29.1 Å². The number of nitrogens with one attached hydrogen (secondary N) is 1. The van der Waals surface area contributed by atoms with Crippen LogP contribution in [0.15, 0.2) is 0 Å². The molecular formula is C12H21N3O. The number of aryl methyl sites for hydroxylation is 1. The number of hydrogen-bond donors (Lipinski definition) is 1. The second-order valence-electron chi connectivity index (χ2n) is 3.74. The smallest absolute Gasteiger partial charge is 0.159 e. The Bertz CT molecular complexity index is 323. The van der Waals surface area contributed by atoms with Gasteiger partial charge in [-0.25, -0.2) is 9.97 Å². The highest BCUT2D eigenvalue weighted by molar-refractivity contribution is 5.45. The van der Waals surface area contributed by atoms with Crippen molar-refractivity contribution in [3.63, 3.8) is 0 Å². The van der Waals surface area contributed by atoms with Crippen molar-refractivity contribution in [3.8, 4) is 0 Å². The summed E-state index contributed by atoms with van der Waals surface area (Å²) >= 11 is 0. The molecule has 4 nitrogen and oxygen atoms in total. The van der Waals surface area contributed by atoms with Crippen molar-refractivity contribution in [1.29, 1.82) is 0 Å². The molecule has 1 aromatic heterocycles. The van der Waals surface area contributed by atoms with Gasteiger partial charge in [0.2, 0.25) is 0 Å². The summed E-state index contributed by atoms with van der Waals surface area (Å²) in [5.74, 6) is 1.68. The summed E-state index contributed by atoms with van der Waals surface area (Å²) in [5, 5.41) is 3.11. The molecule has 4 heteroatoms. The fraction of sp³-hybridized carbons (Fsp3) is 0.667. The molecule has 1 rings (SSSR count). The number of ether oxygens (including phenoxy) is 1. The van der Waals surface area contributed by atoms with Crippen molar-refractivity contribution >= 4 is 5.82 Å². The van der Waals surface area contributed by atoms with Crippen LogP contribution in [0.4, 0.5) is 5.82 Å². The maximum absolute atomic E-state index is 5.37. The van der Waals surface area contributed by atoms with Crippen molar-refractivity contribution in [3.05, 3.63) is 17.1 Å². The first-order valence-corrected chi connectivity index (χ1v) is 5.75. The molecule has 0 radical (unpaired) electrons. The lowest BCUT2D eigenvalue weighted by Crippen LogP contribution is -2.11. The SMILES string of the molecule is CCc1nc(C(CC)OC)nc(NC)c1C. The minimum absolute atomic E-state index is 0.0157. The van der Waals surface area contributed by atoms with Gasteiger partial charge in [-0.15, -0.1) is 0 Å². The minimum atomic E-state index is -0.0157. The van der Waals surface area contributed by atoms with Crippen molar-refractivity contribution in [2.45, 2.75) is 39.7 Å². The van der Waals surface area contributed by atoms with Crippen molar-refractivity contribution in [2.75, 3.05) is 19.5 Å². The molecule has 1 heterocycles. The van der Waals surface area contributed by atoms with E-state index in [1.54, 1.807) is 7.11 Å². The molecule has 0 spiro atoms. The van der Waals surface area contributed by atoms with Crippen molar-refractivity contribution in [1.82, 2.24) is 9.97 Å². The third-order valence-electron chi connectivity index (χ3n) is 2.78. The molecule has 0 fully saturated rings. The topological polar surface area (TPSA) is 47.0 Å². The molecule has 16 heavy (non-hydrogen) atoms. The van der Waals surface area contributed by atoms with Gasteiger partial charge in [0, 0.05) is 25.4 Å². The maximum atomic E-state index is 5.37. The van der Waals surface area contributed by atoms with Gasteiger partial charge in [0.05, 0.1) is 0 Å². The van der Waals surface area contributed by atoms with E-state index in [1.807, 2.05) is 14.0 Å². The van der Waals surface area contributed by atoms with Gasteiger partial charge in [-0.05, 0) is 19.8 Å². The number of anilines is 1. The summed E-state index contributed by atoms with van der Waals surface area (Å²) in [7, 11) is 3.58. The summed E-state index contributed by atoms with van der Waals surface area (Å²) < 4.78 is 5.37. The van der Waals surface area contributed by atoms with Gasteiger partial charge in [0.25, 0.3) is 0 Å². The van der Waals surface area contributed by atoms with E-state index in [9.17, 15) is 0 Å². The van der Waals surface area contributed by atoms with Crippen LogP contribution in [-0.2, 0) is 11.2 Å². The molecule has 1 N–H and O–H groups in total. The molecule has 0 aromatic carbocycles. The first-order chi connectivity index (χ1) is 7.67. The number of methoxy groups -OCH3 is 1. The van der Waals surface area contributed by atoms with Crippen LogP contribution in [0.2, 0.25) is 0 Å². The van der Waals surface area contributed by atoms with Crippen LogP contribution in [-0.4, -0.2) is 24.1 Å². The molecule has 0 aliphatic carbocycles. The third-order valence-corrected chi connectivity index (χ3v) is 2.78. The van der Waals surface area contributed by atoms with E-state index < -0.39 is 0 Å². The second-order valence-corrected chi connectivity index (χ2v) is 3.74. The first-order valence-electron chi connectivity index (χ1n) is 5.75. The van der Waals surface area contributed by atoms with Gasteiger partial charge < -0.3 is 10.1 Å². The van der Waals surface area contributed by atoms with Gasteiger partial charge >= 0.3 is 0 Å². The van der Waals surface area contributed by atoms with E-state index >= 15 is 0 Å². The highest BCUT2D eigenvalue weighted by Gasteiger charge is 2.15. The first kappa shape index (κ1) is 12.9. The van der Waals surface area contributed by atoms with Crippen molar-refractivity contribution < 1.29 is 4.74 Å². The van der Waals surface area contributed by atoms with E-state index in [4.69, 9.17) is 4.74 Å². The molecule has 1 unspecified atom stereocenters. The van der Waals surface area contributed by atoms with E-state index in [0.717, 1.165) is 35.7 Å². The van der Waals surface area contributed by atoms with Crippen LogP contribution in [0.1, 0.15) is 43.5 Å². The Hall–Kier alpha value is -1.16.